The largest absolute Gasteiger partial charge is 0.465 e. The number of rotatable bonds is 5. The second-order valence-corrected chi connectivity index (χ2v) is 11.2. The maximum Gasteiger partial charge on any atom is 0.346 e. The van der Waals surface area contributed by atoms with E-state index in [4.69, 9.17) is 10.5 Å². The van der Waals surface area contributed by atoms with Crippen LogP contribution in [0.15, 0.2) is 101 Å². The molecule has 1 aromatic heterocycles. The van der Waals surface area contributed by atoms with E-state index >= 15 is 0 Å². The van der Waals surface area contributed by atoms with Crippen molar-refractivity contribution >= 4 is 50.1 Å². The van der Waals surface area contributed by atoms with E-state index in [1.165, 1.54) is 19.2 Å². The lowest BCUT2D eigenvalue weighted by molar-refractivity contribution is -0.133. The first-order chi connectivity index (χ1) is 17.8. The van der Waals surface area contributed by atoms with Crippen molar-refractivity contribution in [3.05, 3.63) is 113 Å². The van der Waals surface area contributed by atoms with E-state index in [9.17, 15) is 18.0 Å². The molecule has 0 amide bonds. The zero-order chi connectivity index (χ0) is 26.2. The van der Waals surface area contributed by atoms with Gasteiger partial charge in [-0.15, -0.1) is 0 Å². The van der Waals surface area contributed by atoms with Crippen molar-refractivity contribution in [3.8, 4) is 0 Å². The van der Waals surface area contributed by atoms with Gasteiger partial charge in [-0.25, -0.2) is 13.2 Å². The molecule has 4 aromatic rings. The number of sulfone groups is 1. The van der Waals surface area contributed by atoms with Gasteiger partial charge in [0.15, 0.2) is 5.03 Å². The molecule has 0 spiro atoms. The van der Waals surface area contributed by atoms with E-state index in [0.29, 0.717) is 5.56 Å². The highest BCUT2D eigenvalue weighted by Gasteiger charge is 2.39. The summed E-state index contributed by atoms with van der Waals surface area (Å²) in [5, 5.41) is -0.897. The topological polar surface area (TPSA) is 108 Å². The van der Waals surface area contributed by atoms with Gasteiger partial charge in [-0.2, -0.15) is 0 Å². The summed E-state index contributed by atoms with van der Waals surface area (Å²) in [5.41, 5.74) is 7.77. The summed E-state index contributed by atoms with van der Waals surface area (Å²) in [4.78, 5) is 27.2. The van der Waals surface area contributed by atoms with Gasteiger partial charge in [-0.05, 0) is 29.3 Å². The van der Waals surface area contributed by atoms with Crippen molar-refractivity contribution in [1.82, 2.24) is 4.57 Å². The molecule has 7 nitrogen and oxygen atoms in total. The molecule has 0 aliphatic carbocycles. The summed E-state index contributed by atoms with van der Waals surface area (Å²) in [6, 6.07) is 25.8. The molecule has 0 saturated heterocycles. The molecule has 0 fully saturated rings. The lowest BCUT2D eigenvalue weighted by atomic mass is 10.1. The van der Waals surface area contributed by atoms with E-state index in [0.717, 1.165) is 21.9 Å². The molecule has 0 bridgehead atoms. The van der Waals surface area contributed by atoms with Crippen molar-refractivity contribution in [2.24, 2.45) is 0 Å². The van der Waals surface area contributed by atoms with Crippen LogP contribution in [0.2, 0.25) is 0 Å². The first-order valence-corrected chi connectivity index (χ1v) is 13.7. The van der Waals surface area contributed by atoms with Gasteiger partial charge in [0, 0.05) is 5.22 Å². The maximum atomic E-state index is 14.0. The Kier molecular flexibility index (Phi) is 6.49. The molecule has 5 rings (SSSR count). The van der Waals surface area contributed by atoms with Crippen molar-refractivity contribution in [2.75, 3.05) is 12.8 Å². The Morgan fingerprint density at radius 2 is 1.51 bits per heavy atom. The van der Waals surface area contributed by atoms with Crippen LogP contribution in [0.4, 0.5) is 5.69 Å². The Bertz CT molecular complexity index is 1730. The fraction of sp³-hybridized carbons (Fsp3) is 0.0714. The molecule has 37 heavy (non-hydrogen) atoms. The zero-order valence-electron chi connectivity index (χ0n) is 19.7. The second kappa shape index (κ2) is 9.76. The number of hydrogen-bond donors (Lipinski definition) is 1. The van der Waals surface area contributed by atoms with E-state index < -0.39 is 27.0 Å². The summed E-state index contributed by atoms with van der Waals surface area (Å²) in [6.45, 7) is 0. The number of methoxy groups -OCH3 is 1. The normalized spacial score (nSPS) is 15.9. The van der Waals surface area contributed by atoms with E-state index in [1.54, 1.807) is 48.5 Å². The number of esters is 1. The number of anilines is 1. The standard InChI is InChI=1S/C28H22N2O5S2/c1-35-28(32)25-23-21(17-18-11-5-2-6-12-18)22(29)27(37(33,34)20-15-9-4-10-16-20)30(23)26(31)24(36-25)19-13-7-3-8-14-19/h2-17,24H,29H2,1H3/b21-17+. The molecule has 0 saturated carbocycles. The molecule has 9 heteroatoms. The lowest BCUT2D eigenvalue weighted by Gasteiger charge is -2.23. The Labute approximate surface area is 217 Å². The summed E-state index contributed by atoms with van der Waals surface area (Å²) in [7, 11) is -3.02. The SMILES string of the molecule is COC(=O)C1=c2/c(=C/c3ccccc3)c(N)c(S(=O)(=O)c3ccccc3)n2C(=O)C(c2ccccc2)S1. The van der Waals surface area contributed by atoms with Gasteiger partial charge in [0.2, 0.25) is 15.7 Å². The molecule has 1 unspecified atom stereocenters. The number of hydrogen-bond acceptors (Lipinski definition) is 7. The molecule has 2 heterocycles. The number of carbonyl (C=O) groups is 2. The first-order valence-electron chi connectivity index (χ1n) is 11.3. The fourth-order valence-electron chi connectivity index (χ4n) is 4.27. The quantitative estimate of drug-likeness (QED) is 0.395. The molecule has 2 N–H and O–H groups in total. The number of fused-ring (bicyclic) bond motifs is 1. The predicted molar refractivity (Wildman–Crippen MR) is 143 cm³/mol. The summed E-state index contributed by atoms with van der Waals surface area (Å²) in [6.07, 6.45) is 1.67. The van der Waals surface area contributed by atoms with Crippen LogP contribution >= 0.6 is 11.8 Å². The summed E-state index contributed by atoms with van der Waals surface area (Å²) in [5.74, 6) is -1.21. The van der Waals surface area contributed by atoms with Crippen LogP contribution in [-0.2, 0) is 19.4 Å². The lowest BCUT2D eigenvalue weighted by Crippen LogP contribution is -2.42. The monoisotopic (exact) mass is 530 g/mol. The van der Waals surface area contributed by atoms with Gasteiger partial charge in [0.25, 0.3) is 0 Å². The van der Waals surface area contributed by atoms with E-state index in [-0.39, 0.29) is 31.1 Å². The first kappa shape index (κ1) is 24.6. The third kappa shape index (κ3) is 4.26. The Morgan fingerprint density at radius 3 is 2.11 bits per heavy atom. The minimum Gasteiger partial charge on any atom is -0.465 e. The van der Waals surface area contributed by atoms with Crippen LogP contribution in [0.1, 0.15) is 21.2 Å². The summed E-state index contributed by atoms with van der Waals surface area (Å²) >= 11 is 1.02. The molecule has 186 valence electrons. The molecule has 1 aliphatic heterocycles. The third-order valence-electron chi connectivity index (χ3n) is 5.99. The highest BCUT2D eigenvalue weighted by molar-refractivity contribution is 8.10. The van der Waals surface area contributed by atoms with Crippen LogP contribution in [0.25, 0.3) is 11.0 Å². The second-order valence-electron chi connectivity index (χ2n) is 8.26. The molecule has 1 aliphatic rings. The van der Waals surface area contributed by atoms with Gasteiger partial charge in [-0.1, -0.05) is 90.6 Å². The molecule has 0 radical (unpaired) electrons. The number of carbonyl (C=O) groups excluding carboxylic acids is 2. The van der Waals surface area contributed by atoms with Gasteiger partial charge in [0.05, 0.1) is 23.0 Å². The summed E-state index contributed by atoms with van der Waals surface area (Å²) < 4.78 is 34.0. The number of nitrogens with zero attached hydrogens (tertiary/aromatic N) is 1. The number of benzene rings is 3. The Balaban J connectivity index is 1.94. The zero-order valence-corrected chi connectivity index (χ0v) is 21.3. The van der Waals surface area contributed by atoms with E-state index in [1.807, 2.05) is 36.4 Å². The highest BCUT2D eigenvalue weighted by Crippen LogP contribution is 2.40. The van der Waals surface area contributed by atoms with Gasteiger partial charge in [-0.3, -0.25) is 9.36 Å². The number of nitrogen functional groups attached to an aromatic ring is 1. The maximum absolute atomic E-state index is 14.0. The molecule has 1 atom stereocenters. The molecular formula is C28H22N2O5S2. The average molecular weight is 531 g/mol. The average Bonchev–Trinajstić information content (AvgIpc) is 3.23. The fourth-order valence-corrected chi connectivity index (χ4v) is 7.06. The number of nitrogens with two attached hydrogens (primary N) is 1. The predicted octanol–water partition coefficient (Wildman–Crippen LogP) is 3.14. The smallest absolute Gasteiger partial charge is 0.346 e. The minimum atomic E-state index is -4.25. The Hall–Kier alpha value is -4.08. The minimum absolute atomic E-state index is 0.0184. The van der Waals surface area contributed by atoms with Crippen molar-refractivity contribution in [3.63, 3.8) is 0 Å². The van der Waals surface area contributed by atoms with E-state index in [2.05, 4.69) is 0 Å². The van der Waals surface area contributed by atoms with Crippen LogP contribution in [-0.4, -0.2) is 32.0 Å². The van der Waals surface area contributed by atoms with Crippen molar-refractivity contribution in [2.45, 2.75) is 15.2 Å². The third-order valence-corrected chi connectivity index (χ3v) is 9.10. The van der Waals surface area contributed by atoms with Gasteiger partial charge < -0.3 is 10.5 Å². The van der Waals surface area contributed by atoms with Crippen molar-refractivity contribution in [1.29, 1.82) is 0 Å². The van der Waals surface area contributed by atoms with Crippen LogP contribution in [0, 0.1) is 0 Å². The van der Waals surface area contributed by atoms with Gasteiger partial charge in [0.1, 0.15) is 10.2 Å². The van der Waals surface area contributed by atoms with Crippen molar-refractivity contribution < 1.29 is 22.7 Å². The van der Waals surface area contributed by atoms with Crippen LogP contribution < -0.4 is 16.3 Å². The number of thioether (sulfide) groups is 1. The highest BCUT2D eigenvalue weighted by atomic mass is 32.2. The molecule has 3 aromatic carbocycles. The Morgan fingerprint density at radius 1 is 0.946 bits per heavy atom. The number of ether oxygens (including phenoxy) is 1. The molecular weight excluding hydrogens is 508 g/mol. The van der Waals surface area contributed by atoms with Gasteiger partial charge >= 0.3 is 5.97 Å². The number of aromatic nitrogens is 1. The van der Waals surface area contributed by atoms with Crippen LogP contribution in [0.3, 0.4) is 0 Å². The van der Waals surface area contributed by atoms with Crippen LogP contribution in [0.5, 0.6) is 0 Å².